The van der Waals surface area contributed by atoms with Crippen LogP contribution in [0.15, 0.2) is 18.2 Å². The predicted octanol–water partition coefficient (Wildman–Crippen LogP) is 1.85. The highest BCUT2D eigenvalue weighted by atomic mass is 16.5. The summed E-state index contributed by atoms with van der Waals surface area (Å²) in [6, 6.07) is 5.40. The largest absolute Gasteiger partial charge is 0.475 e. The van der Waals surface area contributed by atoms with Crippen molar-refractivity contribution < 1.29 is 4.74 Å². The lowest BCUT2D eigenvalue weighted by molar-refractivity contribution is 0.232. The van der Waals surface area contributed by atoms with Crippen molar-refractivity contribution in [2.24, 2.45) is 0 Å². The molecule has 0 saturated heterocycles. The molecule has 2 heteroatoms. The van der Waals surface area contributed by atoms with Gasteiger partial charge in [-0.2, -0.15) is 0 Å². The van der Waals surface area contributed by atoms with Gasteiger partial charge in [-0.1, -0.05) is 12.0 Å². The molecule has 0 fully saturated rings. The van der Waals surface area contributed by atoms with Gasteiger partial charge in [-0.05, 0) is 19.9 Å². The zero-order chi connectivity index (χ0) is 8.97. The Labute approximate surface area is 72.6 Å². The standard InChI is InChI=1S/C10H11NO/c1-4-9-6-5-7-10(11-9)12-8(2)3/h1,5-8H,2-3H3. The van der Waals surface area contributed by atoms with Gasteiger partial charge in [-0.25, -0.2) is 4.98 Å². The minimum atomic E-state index is 0.130. The number of terminal acetylenes is 1. The van der Waals surface area contributed by atoms with Crippen LogP contribution in [0.4, 0.5) is 0 Å². The van der Waals surface area contributed by atoms with Gasteiger partial charge in [-0.3, -0.25) is 0 Å². The highest BCUT2D eigenvalue weighted by molar-refractivity contribution is 5.27. The molecular weight excluding hydrogens is 150 g/mol. The number of nitrogens with zero attached hydrogens (tertiary/aromatic N) is 1. The van der Waals surface area contributed by atoms with Gasteiger partial charge in [0.25, 0.3) is 0 Å². The average Bonchev–Trinajstić information content (AvgIpc) is 2.03. The molecule has 0 amide bonds. The maximum absolute atomic E-state index is 5.35. The summed E-state index contributed by atoms with van der Waals surface area (Å²) in [5.41, 5.74) is 0.605. The van der Waals surface area contributed by atoms with Crippen LogP contribution in [-0.4, -0.2) is 11.1 Å². The van der Waals surface area contributed by atoms with Crippen molar-refractivity contribution in [1.82, 2.24) is 4.98 Å². The van der Waals surface area contributed by atoms with Gasteiger partial charge in [-0.15, -0.1) is 6.42 Å². The van der Waals surface area contributed by atoms with Gasteiger partial charge in [0.2, 0.25) is 5.88 Å². The van der Waals surface area contributed by atoms with E-state index in [9.17, 15) is 0 Å². The number of aromatic nitrogens is 1. The van der Waals surface area contributed by atoms with Gasteiger partial charge in [0.1, 0.15) is 5.69 Å². The molecule has 0 N–H and O–H groups in total. The molecule has 0 saturated carbocycles. The Bertz CT molecular complexity index is 299. The van der Waals surface area contributed by atoms with E-state index in [2.05, 4.69) is 10.9 Å². The fourth-order valence-electron chi connectivity index (χ4n) is 0.802. The van der Waals surface area contributed by atoms with Crippen molar-refractivity contribution in [3.63, 3.8) is 0 Å². The van der Waals surface area contributed by atoms with Crippen LogP contribution in [0.1, 0.15) is 19.5 Å². The number of hydrogen-bond donors (Lipinski definition) is 0. The van der Waals surface area contributed by atoms with Crippen molar-refractivity contribution in [2.75, 3.05) is 0 Å². The molecule has 0 radical (unpaired) electrons. The zero-order valence-corrected chi connectivity index (χ0v) is 7.24. The van der Waals surface area contributed by atoms with Gasteiger partial charge in [0, 0.05) is 6.07 Å². The van der Waals surface area contributed by atoms with Crippen LogP contribution in [0.2, 0.25) is 0 Å². The molecule has 0 aliphatic carbocycles. The molecule has 0 atom stereocenters. The topological polar surface area (TPSA) is 22.1 Å². The van der Waals surface area contributed by atoms with Gasteiger partial charge in [0.05, 0.1) is 6.10 Å². The van der Waals surface area contributed by atoms with E-state index in [0.717, 1.165) is 0 Å². The SMILES string of the molecule is C#Cc1cccc(OC(C)C)n1. The minimum absolute atomic E-state index is 0.130. The Hall–Kier alpha value is -1.49. The molecule has 1 aromatic rings. The van der Waals surface area contributed by atoms with E-state index in [4.69, 9.17) is 11.2 Å². The first-order chi connectivity index (χ1) is 5.72. The van der Waals surface area contributed by atoms with E-state index >= 15 is 0 Å². The predicted molar refractivity (Wildman–Crippen MR) is 47.9 cm³/mol. The smallest absolute Gasteiger partial charge is 0.214 e. The second-order valence-electron chi connectivity index (χ2n) is 2.67. The molecule has 0 bridgehead atoms. The van der Waals surface area contributed by atoms with Crippen LogP contribution in [0.5, 0.6) is 5.88 Å². The normalized spacial score (nSPS) is 9.50. The molecule has 0 aliphatic heterocycles. The minimum Gasteiger partial charge on any atom is -0.475 e. The monoisotopic (exact) mass is 161 g/mol. The molecule has 1 heterocycles. The third-order valence-corrected chi connectivity index (χ3v) is 1.23. The Morgan fingerprint density at radius 1 is 1.50 bits per heavy atom. The van der Waals surface area contributed by atoms with Crippen molar-refractivity contribution in [3.8, 4) is 18.2 Å². The van der Waals surface area contributed by atoms with Crippen LogP contribution in [0.25, 0.3) is 0 Å². The van der Waals surface area contributed by atoms with E-state index in [1.54, 1.807) is 12.1 Å². The molecule has 1 rings (SSSR count). The third kappa shape index (κ3) is 2.28. The second kappa shape index (κ2) is 3.77. The summed E-state index contributed by atoms with van der Waals surface area (Å²) < 4.78 is 5.35. The van der Waals surface area contributed by atoms with E-state index in [0.29, 0.717) is 11.6 Å². The third-order valence-electron chi connectivity index (χ3n) is 1.23. The number of hydrogen-bond acceptors (Lipinski definition) is 2. The summed E-state index contributed by atoms with van der Waals surface area (Å²) in [6.07, 6.45) is 5.31. The molecule has 0 unspecified atom stereocenters. The molecule has 0 spiro atoms. The maximum atomic E-state index is 5.35. The number of ether oxygens (including phenoxy) is 1. The fourth-order valence-corrected chi connectivity index (χ4v) is 0.802. The zero-order valence-electron chi connectivity index (χ0n) is 7.24. The number of pyridine rings is 1. The summed E-state index contributed by atoms with van der Waals surface area (Å²) in [5, 5.41) is 0. The molecule has 1 aromatic heterocycles. The molecule has 0 aromatic carbocycles. The lowest BCUT2D eigenvalue weighted by Crippen LogP contribution is -2.06. The molecule has 62 valence electrons. The molecule has 0 aliphatic rings. The highest BCUT2D eigenvalue weighted by Crippen LogP contribution is 2.08. The van der Waals surface area contributed by atoms with Gasteiger partial charge < -0.3 is 4.74 Å². The highest BCUT2D eigenvalue weighted by Gasteiger charge is 1.98. The lowest BCUT2D eigenvalue weighted by atomic mass is 10.3. The van der Waals surface area contributed by atoms with Gasteiger partial charge in [0.15, 0.2) is 0 Å². The van der Waals surface area contributed by atoms with E-state index in [-0.39, 0.29) is 6.10 Å². The van der Waals surface area contributed by atoms with Crippen molar-refractivity contribution in [3.05, 3.63) is 23.9 Å². The average molecular weight is 161 g/mol. The Morgan fingerprint density at radius 3 is 2.83 bits per heavy atom. The van der Waals surface area contributed by atoms with E-state index in [1.807, 2.05) is 19.9 Å². The van der Waals surface area contributed by atoms with Crippen LogP contribution in [0.3, 0.4) is 0 Å². The first kappa shape index (κ1) is 8.61. The van der Waals surface area contributed by atoms with E-state index < -0.39 is 0 Å². The van der Waals surface area contributed by atoms with Crippen molar-refractivity contribution >= 4 is 0 Å². The quantitative estimate of drug-likeness (QED) is 0.617. The van der Waals surface area contributed by atoms with Crippen molar-refractivity contribution in [2.45, 2.75) is 20.0 Å². The summed E-state index contributed by atoms with van der Waals surface area (Å²) >= 11 is 0. The first-order valence-electron chi connectivity index (χ1n) is 3.82. The fraction of sp³-hybridized carbons (Fsp3) is 0.300. The van der Waals surface area contributed by atoms with Crippen LogP contribution >= 0.6 is 0 Å². The first-order valence-corrected chi connectivity index (χ1v) is 3.82. The Balaban J connectivity index is 2.81. The molecular formula is C10H11NO. The van der Waals surface area contributed by atoms with Crippen LogP contribution < -0.4 is 4.74 Å². The maximum Gasteiger partial charge on any atom is 0.214 e. The number of rotatable bonds is 2. The second-order valence-corrected chi connectivity index (χ2v) is 2.67. The van der Waals surface area contributed by atoms with Crippen LogP contribution in [-0.2, 0) is 0 Å². The molecule has 12 heavy (non-hydrogen) atoms. The van der Waals surface area contributed by atoms with Crippen molar-refractivity contribution in [1.29, 1.82) is 0 Å². The summed E-state index contributed by atoms with van der Waals surface area (Å²) in [4.78, 5) is 4.07. The Morgan fingerprint density at radius 2 is 2.25 bits per heavy atom. The van der Waals surface area contributed by atoms with Gasteiger partial charge >= 0.3 is 0 Å². The summed E-state index contributed by atoms with van der Waals surface area (Å²) in [7, 11) is 0. The molecule has 2 nitrogen and oxygen atoms in total. The Kier molecular flexibility index (Phi) is 2.71. The van der Waals surface area contributed by atoms with Crippen LogP contribution in [0, 0.1) is 12.3 Å². The lowest BCUT2D eigenvalue weighted by Gasteiger charge is -2.07. The summed E-state index contributed by atoms with van der Waals surface area (Å²) in [6.45, 7) is 3.90. The summed E-state index contributed by atoms with van der Waals surface area (Å²) in [5.74, 6) is 3.03. The van der Waals surface area contributed by atoms with E-state index in [1.165, 1.54) is 0 Å².